The summed E-state index contributed by atoms with van der Waals surface area (Å²) in [6.07, 6.45) is 3.75. The monoisotopic (exact) mass is 268 g/mol. The van der Waals surface area contributed by atoms with E-state index in [0.29, 0.717) is 0 Å². The Labute approximate surface area is 95.9 Å². The number of pyridine rings is 1. The second kappa shape index (κ2) is 3.92. The molecule has 1 aromatic rings. The number of halogens is 1. The zero-order valence-corrected chi connectivity index (χ0v) is 9.94. The van der Waals surface area contributed by atoms with Gasteiger partial charge in [0.2, 0.25) is 0 Å². The van der Waals surface area contributed by atoms with Crippen molar-refractivity contribution >= 4 is 27.7 Å². The molecule has 1 atom stereocenters. The third-order valence-corrected chi connectivity index (χ3v) is 4.46. The molecule has 0 amide bonds. The van der Waals surface area contributed by atoms with E-state index in [2.05, 4.69) is 27.0 Å². The van der Waals surface area contributed by atoms with E-state index in [1.165, 1.54) is 0 Å². The van der Waals surface area contributed by atoms with Gasteiger partial charge in [-0.25, -0.2) is 0 Å². The molecular formula is C10H9BrN2S. The van der Waals surface area contributed by atoms with Crippen LogP contribution in [0.4, 0.5) is 0 Å². The first kappa shape index (κ1) is 10.0. The minimum Gasteiger partial charge on any atom is -0.257 e. The maximum atomic E-state index is 9.26. The number of nitrogens with zero attached hydrogens (tertiary/aromatic N) is 2. The molecule has 2 heterocycles. The van der Waals surface area contributed by atoms with Gasteiger partial charge in [0.05, 0.1) is 11.8 Å². The van der Waals surface area contributed by atoms with E-state index >= 15 is 0 Å². The van der Waals surface area contributed by atoms with Crippen molar-refractivity contribution < 1.29 is 0 Å². The van der Waals surface area contributed by atoms with Crippen LogP contribution in [0.1, 0.15) is 18.5 Å². The SMILES string of the molecule is N#CC1(c2ncccc2Br)CCCS1. The molecule has 1 aromatic heterocycles. The smallest absolute Gasteiger partial charge is 0.145 e. The molecule has 1 aliphatic rings. The summed E-state index contributed by atoms with van der Waals surface area (Å²) in [4.78, 5) is 4.31. The molecule has 1 aliphatic heterocycles. The highest BCUT2D eigenvalue weighted by Gasteiger charge is 2.39. The van der Waals surface area contributed by atoms with Gasteiger partial charge in [-0.2, -0.15) is 5.26 Å². The van der Waals surface area contributed by atoms with Crippen LogP contribution < -0.4 is 0 Å². The molecule has 0 radical (unpaired) electrons. The van der Waals surface area contributed by atoms with Gasteiger partial charge in [-0.1, -0.05) is 0 Å². The summed E-state index contributed by atoms with van der Waals surface area (Å²) in [5.74, 6) is 1.05. The fourth-order valence-corrected chi connectivity index (χ4v) is 3.66. The van der Waals surface area contributed by atoms with Crippen molar-refractivity contribution in [2.75, 3.05) is 5.75 Å². The molecule has 1 saturated heterocycles. The lowest BCUT2D eigenvalue weighted by atomic mass is 10.0. The Morgan fingerprint density at radius 1 is 1.64 bits per heavy atom. The van der Waals surface area contributed by atoms with Crippen LogP contribution in [0, 0.1) is 11.3 Å². The molecule has 72 valence electrons. The molecule has 1 fully saturated rings. The summed E-state index contributed by atoms with van der Waals surface area (Å²) in [5, 5.41) is 9.26. The van der Waals surface area contributed by atoms with Crippen LogP contribution in [0.2, 0.25) is 0 Å². The standard InChI is InChI=1S/C10H9BrN2S/c11-8-3-1-5-13-9(8)10(7-12)4-2-6-14-10/h1,3,5H,2,4,6H2. The predicted octanol–water partition coefficient (Wildman–Crippen LogP) is 3.09. The summed E-state index contributed by atoms with van der Waals surface area (Å²) in [6, 6.07) is 6.22. The summed E-state index contributed by atoms with van der Waals surface area (Å²) in [7, 11) is 0. The van der Waals surface area contributed by atoms with E-state index < -0.39 is 4.75 Å². The molecule has 0 aliphatic carbocycles. The summed E-state index contributed by atoms with van der Waals surface area (Å²) in [6.45, 7) is 0. The van der Waals surface area contributed by atoms with E-state index in [1.54, 1.807) is 18.0 Å². The maximum Gasteiger partial charge on any atom is 0.145 e. The van der Waals surface area contributed by atoms with Gasteiger partial charge in [-0.3, -0.25) is 4.98 Å². The third-order valence-electron chi connectivity index (χ3n) is 2.34. The fourth-order valence-electron chi connectivity index (χ4n) is 1.65. The summed E-state index contributed by atoms with van der Waals surface area (Å²) < 4.78 is 0.524. The molecule has 2 nitrogen and oxygen atoms in total. The van der Waals surface area contributed by atoms with Crippen LogP contribution in [0.3, 0.4) is 0 Å². The lowest BCUT2D eigenvalue weighted by Crippen LogP contribution is -2.17. The topological polar surface area (TPSA) is 36.7 Å². The minimum atomic E-state index is -0.417. The number of thioether (sulfide) groups is 1. The molecule has 0 N–H and O–H groups in total. The average Bonchev–Trinajstić information content (AvgIpc) is 2.68. The van der Waals surface area contributed by atoms with E-state index in [0.717, 1.165) is 28.8 Å². The van der Waals surface area contributed by atoms with Crippen LogP contribution in [-0.2, 0) is 4.75 Å². The number of nitriles is 1. The Morgan fingerprint density at radius 3 is 3.07 bits per heavy atom. The Morgan fingerprint density at radius 2 is 2.50 bits per heavy atom. The summed E-state index contributed by atoms with van der Waals surface area (Å²) in [5.41, 5.74) is 0.880. The number of aromatic nitrogens is 1. The van der Waals surface area contributed by atoms with E-state index in [4.69, 9.17) is 0 Å². The van der Waals surface area contributed by atoms with Gasteiger partial charge in [0, 0.05) is 10.7 Å². The lowest BCUT2D eigenvalue weighted by molar-refractivity contribution is 0.695. The van der Waals surface area contributed by atoms with Crippen molar-refractivity contribution in [3.8, 4) is 6.07 Å². The van der Waals surface area contributed by atoms with Crippen molar-refractivity contribution in [3.63, 3.8) is 0 Å². The molecule has 14 heavy (non-hydrogen) atoms. The van der Waals surface area contributed by atoms with E-state index in [1.807, 2.05) is 12.1 Å². The summed E-state index contributed by atoms with van der Waals surface area (Å²) >= 11 is 5.16. The van der Waals surface area contributed by atoms with Gasteiger partial charge in [0.25, 0.3) is 0 Å². The first-order chi connectivity index (χ1) is 6.78. The second-order valence-electron chi connectivity index (χ2n) is 3.22. The highest BCUT2D eigenvalue weighted by atomic mass is 79.9. The highest BCUT2D eigenvalue weighted by Crippen LogP contribution is 2.47. The first-order valence-electron chi connectivity index (χ1n) is 4.45. The first-order valence-corrected chi connectivity index (χ1v) is 6.22. The van der Waals surface area contributed by atoms with Gasteiger partial charge in [0.15, 0.2) is 0 Å². The molecular weight excluding hydrogens is 260 g/mol. The van der Waals surface area contributed by atoms with Crippen molar-refractivity contribution in [3.05, 3.63) is 28.5 Å². The Bertz CT molecular complexity index is 380. The van der Waals surface area contributed by atoms with Crippen LogP contribution >= 0.6 is 27.7 Å². The quantitative estimate of drug-likeness (QED) is 0.786. The van der Waals surface area contributed by atoms with Crippen LogP contribution in [0.25, 0.3) is 0 Å². The van der Waals surface area contributed by atoms with E-state index in [9.17, 15) is 5.26 Å². The molecule has 1 unspecified atom stereocenters. The molecule has 0 bridgehead atoms. The number of hydrogen-bond acceptors (Lipinski definition) is 3. The van der Waals surface area contributed by atoms with E-state index in [-0.39, 0.29) is 0 Å². The molecule has 4 heteroatoms. The van der Waals surface area contributed by atoms with Gasteiger partial charge in [-0.05, 0) is 46.7 Å². The normalized spacial score (nSPS) is 26.0. The molecule has 2 rings (SSSR count). The second-order valence-corrected chi connectivity index (χ2v) is 5.47. The van der Waals surface area contributed by atoms with Gasteiger partial charge >= 0.3 is 0 Å². The number of hydrogen-bond donors (Lipinski definition) is 0. The third kappa shape index (κ3) is 1.55. The minimum absolute atomic E-state index is 0.417. The van der Waals surface area contributed by atoms with Crippen molar-refractivity contribution in [2.24, 2.45) is 0 Å². The highest BCUT2D eigenvalue weighted by molar-refractivity contribution is 9.10. The van der Waals surface area contributed by atoms with Gasteiger partial charge < -0.3 is 0 Å². The maximum absolute atomic E-state index is 9.26. The molecule has 0 aromatic carbocycles. The van der Waals surface area contributed by atoms with Crippen LogP contribution in [0.5, 0.6) is 0 Å². The Hall–Kier alpha value is -0.530. The Kier molecular flexibility index (Phi) is 2.80. The van der Waals surface area contributed by atoms with Gasteiger partial charge in [0.1, 0.15) is 4.75 Å². The average molecular weight is 269 g/mol. The zero-order chi connectivity index (χ0) is 10.0. The van der Waals surface area contributed by atoms with Crippen molar-refractivity contribution in [2.45, 2.75) is 17.6 Å². The molecule has 0 spiro atoms. The molecule has 0 saturated carbocycles. The zero-order valence-electron chi connectivity index (χ0n) is 7.53. The van der Waals surface area contributed by atoms with Crippen molar-refractivity contribution in [1.29, 1.82) is 5.26 Å². The predicted molar refractivity (Wildman–Crippen MR) is 60.9 cm³/mol. The van der Waals surface area contributed by atoms with Gasteiger partial charge in [-0.15, -0.1) is 11.8 Å². The lowest BCUT2D eigenvalue weighted by Gasteiger charge is -2.19. The largest absolute Gasteiger partial charge is 0.257 e. The fraction of sp³-hybridized carbons (Fsp3) is 0.400. The van der Waals surface area contributed by atoms with Crippen LogP contribution in [0.15, 0.2) is 22.8 Å². The van der Waals surface area contributed by atoms with Crippen molar-refractivity contribution in [1.82, 2.24) is 4.98 Å². The Balaban J connectivity index is 2.47. The van der Waals surface area contributed by atoms with Crippen LogP contribution in [-0.4, -0.2) is 10.7 Å². The number of rotatable bonds is 1.